The molecule has 7 nitrogen and oxygen atoms in total. The molecule has 1 aliphatic rings. The van der Waals surface area contributed by atoms with Gasteiger partial charge in [0, 0.05) is 36.2 Å². The number of rotatable bonds is 5. The molecular formula is C20H18FN3O4. The zero-order valence-corrected chi connectivity index (χ0v) is 15.4. The number of amides is 1. The summed E-state index contributed by atoms with van der Waals surface area (Å²) in [5, 5.41) is 4.03. The van der Waals surface area contributed by atoms with E-state index in [1.807, 2.05) is 12.1 Å². The fourth-order valence-electron chi connectivity index (χ4n) is 3.20. The zero-order valence-electron chi connectivity index (χ0n) is 15.4. The number of ether oxygens (including phenoxy) is 2. The molecule has 28 heavy (non-hydrogen) atoms. The Labute approximate surface area is 160 Å². The Morgan fingerprint density at radius 3 is 2.61 bits per heavy atom. The van der Waals surface area contributed by atoms with Crippen LogP contribution in [0.1, 0.15) is 18.2 Å². The van der Waals surface area contributed by atoms with E-state index >= 15 is 0 Å². The summed E-state index contributed by atoms with van der Waals surface area (Å²) in [6, 6.07) is 11.7. The Hall–Kier alpha value is -3.42. The first kappa shape index (κ1) is 18.0. The summed E-state index contributed by atoms with van der Waals surface area (Å²) >= 11 is 0. The van der Waals surface area contributed by atoms with Gasteiger partial charge in [-0.2, -0.15) is 4.98 Å². The lowest BCUT2D eigenvalue weighted by atomic mass is 10.1. The number of carbonyl (C=O) groups excluding carboxylic acids is 1. The summed E-state index contributed by atoms with van der Waals surface area (Å²) in [6.45, 7) is 0.353. The molecule has 1 atom stereocenters. The lowest BCUT2D eigenvalue weighted by Gasteiger charge is -2.16. The van der Waals surface area contributed by atoms with Crippen molar-refractivity contribution < 1.29 is 23.2 Å². The highest BCUT2D eigenvalue weighted by Crippen LogP contribution is 2.33. The van der Waals surface area contributed by atoms with Gasteiger partial charge in [0.1, 0.15) is 5.75 Å². The van der Waals surface area contributed by atoms with E-state index in [0.29, 0.717) is 23.9 Å². The average Bonchev–Trinajstić information content (AvgIpc) is 3.35. The van der Waals surface area contributed by atoms with E-state index in [2.05, 4.69) is 10.1 Å². The molecule has 8 heteroatoms. The van der Waals surface area contributed by atoms with Crippen molar-refractivity contribution in [2.45, 2.75) is 12.3 Å². The fourth-order valence-corrected chi connectivity index (χ4v) is 3.20. The molecule has 0 bridgehead atoms. The summed E-state index contributed by atoms with van der Waals surface area (Å²) in [5.41, 5.74) is 1.24. The van der Waals surface area contributed by atoms with Crippen LogP contribution in [0.3, 0.4) is 0 Å². The number of hydrogen-bond acceptors (Lipinski definition) is 6. The maximum Gasteiger partial charge on any atom is 0.257 e. The molecule has 1 unspecified atom stereocenters. The molecule has 1 amide bonds. The molecule has 1 aliphatic heterocycles. The van der Waals surface area contributed by atoms with Crippen LogP contribution in [-0.2, 0) is 4.79 Å². The number of halogens is 1. The highest BCUT2D eigenvalue weighted by molar-refractivity contribution is 5.96. The van der Waals surface area contributed by atoms with Crippen LogP contribution in [-0.4, -0.2) is 36.8 Å². The minimum Gasteiger partial charge on any atom is -0.497 e. The van der Waals surface area contributed by atoms with Crippen LogP contribution in [0.5, 0.6) is 11.5 Å². The first-order valence-electron chi connectivity index (χ1n) is 8.71. The maximum atomic E-state index is 14.0. The van der Waals surface area contributed by atoms with E-state index < -0.39 is 5.82 Å². The zero-order chi connectivity index (χ0) is 19.7. The Balaban J connectivity index is 1.52. The Morgan fingerprint density at radius 1 is 1.14 bits per heavy atom. The molecule has 3 aromatic rings. The van der Waals surface area contributed by atoms with Crippen LogP contribution in [0.4, 0.5) is 10.1 Å². The Kier molecular flexibility index (Phi) is 4.68. The number of nitrogens with zero attached hydrogens (tertiary/aromatic N) is 3. The molecule has 1 aromatic heterocycles. The average molecular weight is 383 g/mol. The summed E-state index contributed by atoms with van der Waals surface area (Å²) in [6.07, 6.45) is 0.231. The largest absolute Gasteiger partial charge is 0.497 e. The van der Waals surface area contributed by atoms with Gasteiger partial charge in [-0.1, -0.05) is 5.16 Å². The van der Waals surface area contributed by atoms with Crippen LogP contribution in [0.25, 0.3) is 11.5 Å². The van der Waals surface area contributed by atoms with E-state index in [9.17, 15) is 9.18 Å². The first-order chi connectivity index (χ1) is 13.6. The summed E-state index contributed by atoms with van der Waals surface area (Å²) in [7, 11) is 2.99. The van der Waals surface area contributed by atoms with Gasteiger partial charge in [0.15, 0.2) is 17.4 Å². The van der Waals surface area contributed by atoms with Crippen molar-refractivity contribution in [2.75, 3.05) is 25.7 Å². The van der Waals surface area contributed by atoms with E-state index in [4.69, 9.17) is 14.0 Å². The fraction of sp³-hybridized carbons (Fsp3) is 0.250. The first-order valence-corrected chi connectivity index (χ1v) is 8.71. The summed E-state index contributed by atoms with van der Waals surface area (Å²) in [4.78, 5) is 18.4. The quantitative estimate of drug-likeness (QED) is 0.672. The van der Waals surface area contributed by atoms with Crippen LogP contribution >= 0.6 is 0 Å². The topological polar surface area (TPSA) is 77.7 Å². The lowest BCUT2D eigenvalue weighted by Crippen LogP contribution is -2.24. The van der Waals surface area contributed by atoms with Gasteiger partial charge in [0.25, 0.3) is 5.89 Å². The number of aromatic nitrogens is 2. The van der Waals surface area contributed by atoms with Gasteiger partial charge in [-0.3, -0.25) is 4.79 Å². The van der Waals surface area contributed by atoms with Crippen molar-refractivity contribution in [1.29, 1.82) is 0 Å². The summed E-state index contributed by atoms with van der Waals surface area (Å²) in [5.74, 6) is 0.826. The second kappa shape index (κ2) is 7.30. The van der Waals surface area contributed by atoms with Crippen molar-refractivity contribution >= 4 is 11.6 Å². The predicted octanol–water partition coefficient (Wildman–Crippen LogP) is 3.41. The second-order valence-electron chi connectivity index (χ2n) is 6.41. The highest BCUT2D eigenvalue weighted by Gasteiger charge is 2.35. The number of methoxy groups -OCH3 is 2. The number of benzene rings is 2. The molecule has 2 heterocycles. The van der Waals surface area contributed by atoms with Gasteiger partial charge in [-0.25, -0.2) is 4.39 Å². The summed E-state index contributed by atoms with van der Waals surface area (Å²) < 4.78 is 29.4. The maximum absolute atomic E-state index is 14.0. The lowest BCUT2D eigenvalue weighted by molar-refractivity contribution is -0.117. The smallest absolute Gasteiger partial charge is 0.257 e. The minimum atomic E-state index is -0.516. The van der Waals surface area contributed by atoms with E-state index in [-0.39, 0.29) is 24.0 Å². The van der Waals surface area contributed by atoms with Crippen molar-refractivity contribution in [3.8, 4) is 23.0 Å². The monoisotopic (exact) mass is 383 g/mol. The third-order valence-corrected chi connectivity index (χ3v) is 4.72. The Bertz CT molecular complexity index is 1000. The molecule has 1 fully saturated rings. The minimum absolute atomic E-state index is 0.120. The van der Waals surface area contributed by atoms with Crippen molar-refractivity contribution in [3.05, 3.63) is 54.1 Å². The number of anilines is 1. The third kappa shape index (κ3) is 3.28. The molecule has 4 rings (SSSR count). The number of carbonyl (C=O) groups is 1. The van der Waals surface area contributed by atoms with Gasteiger partial charge in [0.05, 0.1) is 14.2 Å². The molecule has 0 aliphatic carbocycles. The molecule has 0 saturated carbocycles. The standard InChI is InChI=1S/C20H18FN3O4/c1-26-15-6-3-12(4-7-15)20-22-19(23-28-20)13-9-18(25)24(11-13)14-5-8-17(27-2)16(21)10-14/h3-8,10,13H,9,11H2,1-2H3. The van der Waals surface area contributed by atoms with Gasteiger partial charge in [-0.05, 0) is 36.4 Å². The van der Waals surface area contributed by atoms with Crippen molar-refractivity contribution in [2.24, 2.45) is 0 Å². The van der Waals surface area contributed by atoms with Gasteiger partial charge in [-0.15, -0.1) is 0 Å². The van der Waals surface area contributed by atoms with Gasteiger partial charge < -0.3 is 18.9 Å². The molecule has 0 spiro atoms. The normalized spacial score (nSPS) is 16.5. The van der Waals surface area contributed by atoms with Gasteiger partial charge >= 0.3 is 0 Å². The van der Waals surface area contributed by atoms with E-state index in [0.717, 1.165) is 11.3 Å². The predicted molar refractivity (Wildman–Crippen MR) is 98.9 cm³/mol. The molecular weight excluding hydrogens is 365 g/mol. The van der Waals surface area contributed by atoms with Crippen LogP contribution < -0.4 is 14.4 Å². The highest BCUT2D eigenvalue weighted by atomic mass is 19.1. The van der Waals surface area contributed by atoms with Gasteiger partial charge in [0.2, 0.25) is 5.91 Å². The molecule has 0 N–H and O–H groups in total. The van der Waals surface area contributed by atoms with Crippen molar-refractivity contribution in [3.63, 3.8) is 0 Å². The van der Waals surface area contributed by atoms with E-state index in [1.165, 1.54) is 24.1 Å². The second-order valence-corrected chi connectivity index (χ2v) is 6.41. The molecule has 1 saturated heterocycles. The Morgan fingerprint density at radius 2 is 1.93 bits per heavy atom. The van der Waals surface area contributed by atoms with Crippen LogP contribution in [0, 0.1) is 5.82 Å². The van der Waals surface area contributed by atoms with E-state index in [1.54, 1.807) is 25.3 Å². The molecule has 144 valence electrons. The van der Waals surface area contributed by atoms with Crippen molar-refractivity contribution in [1.82, 2.24) is 10.1 Å². The number of hydrogen-bond donors (Lipinski definition) is 0. The third-order valence-electron chi connectivity index (χ3n) is 4.72. The molecule has 2 aromatic carbocycles. The SMILES string of the molecule is COc1ccc(-c2nc(C3CC(=O)N(c4ccc(OC)c(F)c4)C3)no2)cc1. The van der Waals surface area contributed by atoms with Crippen LogP contribution in [0.15, 0.2) is 47.0 Å². The van der Waals surface area contributed by atoms with Crippen LogP contribution in [0.2, 0.25) is 0 Å². The molecule has 0 radical (unpaired) electrons.